The Labute approximate surface area is 163 Å². The Morgan fingerprint density at radius 1 is 1.21 bits per heavy atom. The van der Waals surface area contributed by atoms with Crippen LogP contribution in [0.2, 0.25) is 0 Å². The molecule has 0 saturated carbocycles. The van der Waals surface area contributed by atoms with E-state index in [1.165, 1.54) is 17.8 Å². The van der Waals surface area contributed by atoms with Crippen LogP contribution < -0.4 is 16.0 Å². The molecule has 1 fully saturated rings. The molecule has 3 rings (SSSR count). The van der Waals surface area contributed by atoms with Gasteiger partial charge in [-0.1, -0.05) is 18.2 Å². The monoisotopic (exact) mass is 412 g/mol. The highest BCUT2D eigenvalue weighted by Gasteiger charge is 2.49. The lowest BCUT2D eigenvalue weighted by molar-refractivity contribution is -0.134. The molecule has 0 spiro atoms. The number of amides is 6. The summed E-state index contributed by atoms with van der Waals surface area (Å²) in [7, 11) is 0. The molecule has 1 atom stereocenters. The topological polar surface area (TPSA) is 108 Å². The Balaban J connectivity index is 1.66. The van der Waals surface area contributed by atoms with Crippen molar-refractivity contribution in [3.05, 3.63) is 34.9 Å². The highest BCUT2D eigenvalue weighted by atomic mass is 19.4. The summed E-state index contributed by atoms with van der Waals surface area (Å²) in [5.41, 5.74) is 1.48. The van der Waals surface area contributed by atoms with Crippen LogP contribution in [0.25, 0.3) is 0 Å². The number of carbonyl (C=O) groups excluding carboxylic acids is 4. The number of hydrogen-bond donors (Lipinski definition) is 3. The van der Waals surface area contributed by atoms with Crippen molar-refractivity contribution in [1.29, 1.82) is 0 Å². The van der Waals surface area contributed by atoms with Crippen LogP contribution in [-0.2, 0) is 28.0 Å². The third kappa shape index (κ3) is 4.33. The van der Waals surface area contributed by atoms with Crippen LogP contribution >= 0.6 is 0 Å². The number of hydrogen-bond acceptors (Lipinski definition) is 4. The number of imide groups is 2. The van der Waals surface area contributed by atoms with Crippen LogP contribution in [0.1, 0.15) is 30.0 Å². The van der Waals surface area contributed by atoms with Gasteiger partial charge < -0.3 is 10.6 Å². The molecule has 8 nitrogen and oxygen atoms in total. The number of aryl methyl sites for hydroxylation is 2. The predicted molar refractivity (Wildman–Crippen MR) is 93.7 cm³/mol. The maximum atomic E-state index is 12.8. The second kappa shape index (κ2) is 7.37. The van der Waals surface area contributed by atoms with E-state index < -0.39 is 48.7 Å². The van der Waals surface area contributed by atoms with E-state index in [9.17, 15) is 32.3 Å². The standard InChI is InChI=1S/C18H19F3N4O4/c1-17(12-6-5-10-3-2-4-11(10)7-12)14(27)25(16(29)24-17)8-13(26)23-15(28)22-9-18(19,20)21/h5-7H,2-4,8-9H2,1H3,(H,24,29)(H2,22,23,26,28)/t17-/m0/s1. The molecule has 1 heterocycles. The molecule has 3 N–H and O–H groups in total. The van der Waals surface area contributed by atoms with Crippen molar-refractivity contribution < 1.29 is 32.3 Å². The van der Waals surface area contributed by atoms with E-state index in [0.29, 0.717) is 10.5 Å². The minimum absolute atomic E-state index is 0.572. The third-order valence-electron chi connectivity index (χ3n) is 4.95. The normalized spacial score (nSPS) is 21.0. The fourth-order valence-electron chi connectivity index (χ4n) is 3.45. The van der Waals surface area contributed by atoms with Crippen LogP contribution in [0.15, 0.2) is 18.2 Å². The third-order valence-corrected chi connectivity index (χ3v) is 4.95. The molecule has 11 heteroatoms. The highest BCUT2D eigenvalue weighted by Crippen LogP contribution is 2.32. The smallest absolute Gasteiger partial charge is 0.329 e. The second-order valence-corrected chi connectivity index (χ2v) is 7.13. The Hall–Kier alpha value is -3.11. The van der Waals surface area contributed by atoms with E-state index in [2.05, 4.69) is 5.32 Å². The van der Waals surface area contributed by atoms with Crippen LogP contribution in [0.3, 0.4) is 0 Å². The van der Waals surface area contributed by atoms with Gasteiger partial charge in [-0.15, -0.1) is 0 Å². The van der Waals surface area contributed by atoms with Gasteiger partial charge in [-0.25, -0.2) is 9.59 Å². The van der Waals surface area contributed by atoms with Gasteiger partial charge in [0.1, 0.15) is 18.6 Å². The van der Waals surface area contributed by atoms with Crippen molar-refractivity contribution in [3.63, 3.8) is 0 Å². The lowest BCUT2D eigenvalue weighted by Crippen LogP contribution is -2.48. The van der Waals surface area contributed by atoms with Gasteiger partial charge in [0, 0.05) is 0 Å². The summed E-state index contributed by atoms with van der Waals surface area (Å²) in [5.74, 6) is -1.78. The van der Waals surface area contributed by atoms with Gasteiger partial charge in [0.15, 0.2) is 0 Å². The number of urea groups is 2. The van der Waals surface area contributed by atoms with Crippen LogP contribution in [0.4, 0.5) is 22.8 Å². The Kier molecular flexibility index (Phi) is 5.24. The zero-order valence-electron chi connectivity index (χ0n) is 15.5. The largest absolute Gasteiger partial charge is 0.405 e. The lowest BCUT2D eigenvalue weighted by Gasteiger charge is -2.23. The average Bonchev–Trinajstić information content (AvgIpc) is 3.18. The Morgan fingerprint density at radius 3 is 2.59 bits per heavy atom. The fourth-order valence-corrected chi connectivity index (χ4v) is 3.45. The molecule has 1 saturated heterocycles. The summed E-state index contributed by atoms with van der Waals surface area (Å²) >= 11 is 0. The molecule has 1 aromatic carbocycles. The first-order valence-electron chi connectivity index (χ1n) is 8.90. The van der Waals surface area contributed by atoms with E-state index >= 15 is 0 Å². The maximum absolute atomic E-state index is 12.8. The molecule has 0 unspecified atom stereocenters. The van der Waals surface area contributed by atoms with Gasteiger partial charge in [0.2, 0.25) is 5.91 Å². The molecular weight excluding hydrogens is 393 g/mol. The number of halogens is 3. The Morgan fingerprint density at radius 2 is 1.90 bits per heavy atom. The van der Waals surface area contributed by atoms with E-state index in [4.69, 9.17) is 0 Å². The van der Waals surface area contributed by atoms with Crippen molar-refractivity contribution >= 4 is 23.9 Å². The number of alkyl halides is 3. The van der Waals surface area contributed by atoms with Crippen LogP contribution in [-0.4, -0.2) is 48.0 Å². The first-order chi connectivity index (χ1) is 13.5. The predicted octanol–water partition coefficient (Wildman–Crippen LogP) is 1.33. The fraction of sp³-hybridized carbons (Fsp3) is 0.444. The summed E-state index contributed by atoms with van der Waals surface area (Å²) in [6, 6.07) is 3.30. The van der Waals surface area contributed by atoms with Gasteiger partial charge in [-0.3, -0.25) is 19.8 Å². The molecule has 1 aromatic rings. The summed E-state index contributed by atoms with van der Waals surface area (Å²) in [6.45, 7) is -0.909. The van der Waals surface area contributed by atoms with Gasteiger partial charge in [0.05, 0.1) is 0 Å². The minimum atomic E-state index is -4.64. The first kappa shape index (κ1) is 20.6. The van der Waals surface area contributed by atoms with Gasteiger partial charge in [-0.05, 0) is 42.9 Å². The molecule has 0 radical (unpaired) electrons. The molecule has 1 aliphatic carbocycles. The molecule has 2 aliphatic rings. The number of fused-ring (bicyclic) bond motifs is 1. The number of carbonyl (C=O) groups is 4. The van der Waals surface area contributed by atoms with E-state index in [0.717, 1.165) is 24.8 Å². The average molecular weight is 412 g/mol. The zero-order valence-corrected chi connectivity index (χ0v) is 15.5. The van der Waals surface area contributed by atoms with Gasteiger partial charge in [0.25, 0.3) is 5.91 Å². The lowest BCUT2D eigenvalue weighted by atomic mass is 9.89. The van der Waals surface area contributed by atoms with E-state index in [1.807, 2.05) is 12.1 Å². The zero-order chi connectivity index (χ0) is 21.4. The summed E-state index contributed by atoms with van der Waals surface area (Å²) in [4.78, 5) is 49.0. The number of benzene rings is 1. The molecule has 0 bridgehead atoms. The summed E-state index contributed by atoms with van der Waals surface area (Å²) < 4.78 is 36.2. The van der Waals surface area contributed by atoms with Crippen LogP contribution in [0, 0.1) is 0 Å². The molecule has 1 aliphatic heterocycles. The SMILES string of the molecule is C[C@@]1(c2ccc3c(c2)CCC3)NC(=O)N(CC(=O)NC(=O)NCC(F)(F)F)C1=O. The van der Waals surface area contributed by atoms with Crippen molar-refractivity contribution in [1.82, 2.24) is 20.9 Å². The molecule has 6 amide bonds. The number of nitrogens with one attached hydrogen (secondary N) is 3. The van der Waals surface area contributed by atoms with Crippen molar-refractivity contribution in [2.75, 3.05) is 13.1 Å². The number of nitrogens with zero attached hydrogens (tertiary/aromatic N) is 1. The first-order valence-corrected chi connectivity index (χ1v) is 8.90. The van der Waals surface area contributed by atoms with Crippen LogP contribution in [0.5, 0.6) is 0 Å². The summed E-state index contributed by atoms with van der Waals surface area (Å²) in [5, 5.41) is 5.68. The number of rotatable bonds is 4. The van der Waals surface area contributed by atoms with Crippen molar-refractivity contribution in [2.24, 2.45) is 0 Å². The molecule has 29 heavy (non-hydrogen) atoms. The molecule has 0 aromatic heterocycles. The molecular formula is C18H19F3N4O4. The maximum Gasteiger partial charge on any atom is 0.405 e. The Bertz CT molecular complexity index is 886. The van der Waals surface area contributed by atoms with E-state index in [1.54, 1.807) is 11.4 Å². The second-order valence-electron chi connectivity index (χ2n) is 7.13. The quantitative estimate of drug-likeness (QED) is 0.649. The van der Waals surface area contributed by atoms with Gasteiger partial charge in [-0.2, -0.15) is 13.2 Å². The highest BCUT2D eigenvalue weighted by molar-refractivity contribution is 6.10. The van der Waals surface area contributed by atoms with E-state index in [-0.39, 0.29) is 0 Å². The minimum Gasteiger partial charge on any atom is -0.329 e. The van der Waals surface area contributed by atoms with Crippen molar-refractivity contribution in [3.8, 4) is 0 Å². The van der Waals surface area contributed by atoms with Gasteiger partial charge >= 0.3 is 18.2 Å². The summed E-state index contributed by atoms with van der Waals surface area (Å²) in [6.07, 6.45) is -1.79. The molecule has 156 valence electrons. The van der Waals surface area contributed by atoms with Crippen molar-refractivity contribution in [2.45, 2.75) is 37.9 Å².